The van der Waals surface area contributed by atoms with E-state index in [1.54, 1.807) is 9.96 Å². The highest BCUT2D eigenvalue weighted by atomic mass is 32.2. The van der Waals surface area contributed by atoms with E-state index in [1.165, 1.54) is 12.5 Å². The molecule has 0 saturated carbocycles. The molecule has 0 heterocycles. The van der Waals surface area contributed by atoms with Crippen molar-refractivity contribution in [2.45, 2.75) is 46.0 Å². The van der Waals surface area contributed by atoms with Gasteiger partial charge in [-0.25, -0.2) is 16.8 Å². The summed E-state index contributed by atoms with van der Waals surface area (Å²) >= 11 is 0. The van der Waals surface area contributed by atoms with Crippen LogP contribution in [0.1, 0.15) is 51.5 Å². The molecular formula is C22H38N2O6S2. The fourth-order valence-electron chi connectivity index (χ4n) is 3.32. The first-order chi connectivity index (χ1) is 14.9. The first-order valence-electron chi connectivity index (χ1n) is 11.0. The Bertz CT molecular complexity index is 874. The van der Waals surface area contributed by atoms with Crippen molar-refractivity contribution in [3.63, 3.8) is 0 Å². The lowest BCUT2D eigenvalue weighted by atomic mass is 9.92. The van der Waals surface area contributed by atoms with Crippen LogP contribution in [-0.2, 0) is 29.3 Å². The average Bonchev–Trinajstić information content (AvgIpc) is 2.71. The molecular weight excluding hydrogens is 452 g/mol. The van der Waals surface area contributed by atoms with Crippen molar-refractivity contribution in [3.05, 3.63) is 29.8 Å². The van der Waals surface area contributed by atoms with Gasteiger partial charge in [0.2, 0.25) is 0 Å². The Morgan fingerprint density at radius 3 is 1.81 bits per heavy atom. The van der Waals surface area contributed by atoms with E-state index in [0.29, 0.717) is 25.9 Å². The van der Waals surface area contributed by atoms with Gasteiger partial charge >= 0.3 is 5.97 Å². The van der Waals surface area contributed by atoms with Gasteiger partial charge in [-0.3, -0.25) is 4.79 Å². The molecule has 1 unspecified atom stereocenters. The molecule has 0 aliphatic carbocycles. The van der Waals surface area contributed by atoms with E-state index in [1.807, 2.05) is 38.1 Å². The smallest absolute Gasteiger partial charge is 0.325 e. The van der Waals surface area contributed by atoms with Crippen LogP contribution < -0.4 is 4.90 Å². The van der Waals surface area contributed by atoms with Crippen molar-refractivity contribution in [1.29, 1.82) is 0 Å². The lowest BCUT2D eigenvalue weighted by molar-refractivity contribution is -0.188. The van der Waals surface area contributed by atoms with Crippen molar-refractivity contribution in [1.82, 2.24) is 5.06 Å². The van der Waals surface area contributed by atoms with E-state index in [4.69, 9.17) is 4.84 Å². The molecule has 0 bridgehead atoms. The first-order valence-corrected chi connectivity index (χ1v) is 15.2. The Morgan fingerprint density at radius 2 is 1.41 bits per heavy atom. The summed E-state index contributed by atoms with van der Waals surface area (Å²) in [6.45, 7) is 7.68. The summed E-state index contributed by atoms with van der Waals surface area (Å²) in [5.41, 5.74) is 1.86. The van der Waals surface area contributed by atoms with Gasteiger partial charge in [0, 0.05) is 50.8 Å². The first kappa shape index (κ1) is 28.4. The standard InChI is InChI=1S/C22H38N2O6S2/c1-6-19(11-14-22(25)30-24(7-2)8-3)20-9-12-21(13-10-20)23(15-17-31(4,26)27)16-18-32(5,28)29/h9-10,12-13,19H,6-8,11,14-18H2,1-5H3. The molecule has 184 valence electrons. The Morgan fingerprint density at radius 1 is 0.906 bits per heavy atom. The summed E-state index contributed by atoms with van der Waals surface area (Å²) in [7, 11) is -6.35. The summed E-state index contributed by atoms with van der Waals surface area (Å²) in [4.78, 5) is 19.2. The Balaban J connectivity index is 2.86. The molecule has 1 rings (SSSR count). The number of carbonyl (C=O) groups is 1. The summed E-state index contributed by atoms with van der Waals surface area (Å²) in [5, 5.41) is 1.62. The molecule has 1 atom stereocenters. The highest BCUT2D eigenvalue weighted by Gasteiger charge is 2.17. The van der Waals surface area contributed by atoms with Gasteiger partial charge < -0.3 is 9.74 Å². The topological polar surface area (TPSA) is 101 Å². The summed E-state index contributed by atoms with van der Waals surface area (Å²) in [5.74, 6) is -0.152. The maximum absolute atomic E-state index is 12.1. The van der Waals surface area contributed by atoms with Crippen LogP contribution in [0.15, 0.2) is 24.3 Å². The molecule has 8 nitrogen and oxygen atoms in total. The quantitative estimate of drug-likeness (QED) is 0.346. The third kappa shape index (κ3) is 11.3. The van der Waals surface area contributed by atoms with Crippen molar-refractivity contribution in [2.24, 2.45) is 0 Å². The Kier molecular flexibility index (Phi) is 11.7. The normalized spacial score (nSPS) is 13.2. The van der Waals surface area contributed by atoms with Gasteiger partial charge in [0.25, 0.3) is 0 Å². The second kappa shape index (κ2) is 13.2. The van der Waals surface area contributed by atoms with E-state index < -0.39 is 19.7 Å². The largest absolute Gasteiger partial charge is 0.369 e. The van der Waals surface area contributed by atoms with Crippen molar-refractivity contribution < 1.29 is 26.5 Å². The number of hydrogen-bond acceptors (Lipinski definition) is 8. The van der Waals surface area contributed by atoms with Gasteiger partial charge in [0.05, 0.1) is 11.5 Å². The number of hydrogen-bond donors (Lipinski definition) is 0. The van der Waals surface area contributed by atoms with Gasteiger partial charge in [-0.1, -0.05) is 19.1 Å². The molecule has 0 aliphatic rings. The number of nitrogens with zero attached hydrogens (tertiary/aromatic N) is 2. The molecule has 32 heavy (non-hydrogen) atoms. The molecule has 0 spiro atoms. The summed E-state index contributed by atoms with van der Waals surface area (Å²) < 4.78 is 46.4. The zero-order chi connectivity index (χ0) is 24.4. The van der Waals surface area contributed by atoms with Crippen LogP contribution in [0.4, 0.5) is 5.69 Å². The molecule has 0 amide bonds. The second-order valence-electron chi connectivity index (χ2n) is 8.06. The minimum atomic E-state index is -3.17. The van der Waals surface area contributed by atoms with E-state index in [-0.39, 0.29) is 36.5 Å². The van der Waals surface area contributed by atoms with Crippen molar-refractivity contribution in [2.75, 3.05) is 55.1 Å². The van der Waals surface area contributed by atoms with Crippen LogP contribution in [0.3, 0.4) is 0 Å². The van der Waals surface area contributed by atoms with Gasteiger partial charge in [-0.2, -0.15) is 0 Å². The van der Waals surface area contributed by atoms with Crippen LogP contribution in [0.25, 0.3) is 0 Å². The summed E-state index contributed by atoms with van der Waals surface area (Å²) in [6, 6.07) is 7.70. The predicted molar refractivity (Wildman–Crippen MR) is 129 cm³/mol. The number of sulfone groups is 2. The van der Waals surface area contributed by atoms with E-state index in [9.17, 15) is 21.6 Å². The second-order valence-corrected chi connectivity index (χ2v) is 12.6. The minimum absolute atomic E-state index is 0.0508. The SMILES string of the molecule is CCC(CCC(=O)ON(CC)CC)c1ccc(N(CCS(C)(=O)=O)CCS(C)(=O)=O)cc1. The third-order valence-electron chi connectivity index (χ3n) is 5.32. The molecule has 0 radical (unpaired) electrons. The average molecular weight is 491 g/mol. The molecule has 0 fully saturated rings. The monoisotopic (exact) mass is 490 g/mol. The van der Waals surface area contributed by atoms with Crippen LogP contribution >= 0.6 is 0 Å². The van der Waals surface area contributed by atoms with Gasteiger partial charge in [0.1, 0.15) is 19.7 Å². The molecule has 0 aromatic heterocycles. The van der Waals surface area contributed by atoms with E-state index in [2.05, 4.69) is 6.92 Å². The predicted octanol–water partition coefficient (Wildman–Crippen LogP) is 2.66. The number of anilines is 1. The van der Waals surface area contributed by atoms with Gasteiger partial charge in [-0.05, 0) is 50.3 Å². The third-order valence-corrected chi connectivity index (χ3v) is 7.17. The number of hydroxylamine groups is 2. The van der Waals surface area contributed by atoms with E-state index in [0.717, 1.165) is 17.7 Å². The van der Waals surface area contributed by atoms with Crippen LogP contribution in [0, 0.1) is 0 Å². The molecule has 1 aromatic carbocycles. The maximum Gasteiger partial charge on any atom is 0.325 e. The minimum Gasteiger partial charge on any atom is -0.369 e. The zero-order valence-electron chi connectivity index (χ0n) is 19.9. The summed E-state index contributed by atoms with van der Waals surface area (Å²) in [6.07, 6.45) is 4.20. The van der Waals surface area contributed by atoms with E-state index >= 15 is 0 Å². The highest BCUT2D eigenvalue weighted by molar-refractivity contribution is 7.90. The molecule has 1 aromatic rings. The highest BCUT2D eigenvalue weighted by Crippen LogP contribution is 2.27. The Hall–Kier alpha value is -1.65. The lowest BCUT2D eigenvalue weighted by Gasteiger charge is -2.25. The molecule has 0 aliphatic heterocycles. The van der Waals surface area contributed by atoms with Crippen molar-refractivity contribution in [3.8, 4) is 0 Å². The van der Waals surface area contributed by atoms with Gasteiger partial charge in [0.15, 0.2) is 0 Å². The number of benzene rings is 1. The maximum atomic E-state index is 12.1. The number of carbonyl (C=O) groups excluding carboxylic acids is 1. The van der Waals surface area contributed by atoms with Crippen LogP contribution in [0.5, 0.6) is 0 Å². The fourth-order valence-corrected chi connectivity index (χ4v) is 4.42. The lowest BCUT2D eigenvalue weighted by Crippen LogP contribution is -2.33. The number of rotatable bonds is 15. The van der Waals surface area contributed by atoms with Gasteiger partial charge in [-0.15, -0.1) is 5.06 Å². The molecule has 0 saturated heterocycles. The van der Waals surface area contributed by atoms with Crippen LogP contribution in [-0.4, -0.2) is 78.1 Å². The van der Waals surface area contributed by atoms with Crippen LogP contribution in [0.2, 0.25) is 0 Å². The Labute approximate surface area is 193 Å². The molecule has 0 N–H and O–H groups in total. The molecule has 10 heteroatoms. The zero-order valence-corrected chi connectivity index (χ0v) is 21.5. The fraction of sp³-hybridized carbons (Fsp3) is 0.682. The van der Waals surface area contributed by atoms with Crippen molar-refractivity contribution >= 4 is 31.3 Å².